The van der Waals surface area contributed by atoms with Crippen LogP contribution in [0, 0.1) is 0 Å². The van der Waals surface area contributed by atoms with Crippen molar-refractivity contribution in [3.8, 4) is 0 Å². The molecule has 0 unspecified atom stereocenters. The van der Waals surface area contributed by atoms with Crippen molar-refractivity contribution in [1.29, 1.82) is 0 Å². The van der Waals surface area contributed by atoms with Gasteiger partial charge in [-0.1, -0.05) is 6.08 Å². The van der Waals surface area contributed by atoms with Gasteiger partial charge in [0.25, 0.3) is 0 Å². The van der Waals surface area contributed by atoms with Gasteiger partial charge in [-0.25, -0.2) is 0 Å². The Morgan fingerprint density at radius 2 is 1.62 bits per heavy atom. The maximum atomic E-state index is 5.46. The summed E-state index contributed by atoms with van der Waals surface area (Å²) in [6.07, 6.45) is 1.79. The molecule has 0 aromatic heterocycles. The Bertz CT molecular complexity index is 132. The third-order valence-corrected chi connectivity index (χ3v) is 3.97. The smallest absolute Gasteiger partial charge is 0.342 e. The number of hydrogen-bond donors (Lipinski definition) is 0. The first-order chi connectivity index (χ1) is 6.18. The molecule has 0 saturated carbocycles. The molecule has 0 aliphatic heterocycles. The quantitative estimate of drug-likeness (QED) is 0.342. The number of hydrogen-bond acceptors (Lipinski definition) is 4. The van der Waals surface area contributed by atoms with Gasteiger partial charge >= 0.3 is 8.56 Å². The highest BCUT2D eigenvalue weighted by Gasteiger charge is 2.29. The van der Waals surface area contributed by atoms with Gasteiger partial charge in [0.05, 0.1) is 0 Å². The van der Waals surface area contributed by atoms with Gasteiger partial charge in [-0.15, -0.1) is 6.58 Å². The van der Waals surface area contributed by atoms with E-state index in [0.29, 0.717) is 0 Å². The fraction of sp³-hybridized carbons (Fsp3) is 0.750. The van der Waals surface area contributed by atoms with E-state index in [2.05, 4.69) is 6.58 Å². The van der Waals surface area contributed by atoms with Gasteiger partial charge in [-0.2, -0.15) is 0 Å². The molecule has 0 spiro atoms. The van der Waals surface area contributed by atoms with Crippen LogP contribution in [-0.4, -0.2) is 36.4 Å². The molecule has 0 amide bonds. The van der Waals surface area contributed by atoms with Crippen LogP contribution in [0.5, 0.6) is 0 Å². The molecule has 0 fully saturated rings. The molecule has 0 N–H and O–H groups in total. The molecular formula is C8H18O4Si. The summed E-state index contributed by atoms with van der Waals surface area (Å²) >= 11 is 0. The van der Waals surface area contributed by atoms with Crippen molar-refractivity contribution in [2.45, 2.75) is 12.6 Å². The van der Waals surface area contributed by atoms with Gasteiger partial charge in [0.15, 0.2) is 0 Å². The maximum absolute atomic E-state index is 5.46. The zero-order valence-electron chi connectivity index (χ0n) is 8.54. The zero-order valence-corrected chi connectivity index (χ0v) is 9.54. The Labute approximate surface area is 80.7 Å². The van der Waals surface area contributed by atoms with Crippen LogP contribution in [0.25, 0.3) is 0 Å². The van der Waals surface area contributed by atoms with Crippen molar-refractivity contribution in [3.05, 3.63) is 12.7 Å². The van der Waals surface area contributed by atoms with Gasteiger partial charge in [0.2, 0.25) is 0 Å². The number of methoxy groups -OCH3 is 2. The first kappa shape index (κ1) is 12.8. The minimum Gasteiger partial charge on any atom is -0.370 e. The van der Waals surface area contributed by atoms with Crippen molar-refractivity contribution >= 4 is 8.56 Å². The molecule has 5 heteroatoms. The fourth-order valence-electron chi connectivity index (χ4n) is 0.789. The molecule has 0 bridgehead atoms. The largest absolute Gasteiger partial charge is 0.370 e. The first-order valence-electron chi connectivity index (χ1n) is 4.05. The third kappa shape index (κ3) is 5.95. The highest BCUT2D eigenvalue weighted by molar-refractivity contribution is 6.66. The van der Waals surface area contributed by atoms with E-state index < -0.39 is 8.56 Å². The lowest BCUT2D eigenvalue weighted by atomic mass is 10.8. The molecule has 0 aromatic rings. The summed E-state index contributed by atoms with van der Waals surface area (Å²) in [6.45, 7) is 6.11. The standard InChI is InChI=1S/C8H18O4Si/c1-5-6-13(4,11-7-9-2)12-8-10-3/h5H,1,6-8H2,2-4H3. The van der Waals surface area contributed by atoms with Crippen LogP contribution < -0.4 is 0 Å². The zero-order chi connectivity index (χ0) is 10.2. The molecule has 0 radical (unpaired) electrons. The summed E-state index contributed by atoms with van der Waals surface area (Å²) in [4.78, 5) is 0. The van der Waals surface area contributed by atoms with Crippen LogP contribution >= 0.6 is 0 Å². The second-order valence-corrected chi connectivity index (χ2v) is 5.98. The third-order valence-electron chi connectivity index (χ3n) is 1.48. The molecule has 0 aromatic carbocycles. The Balaban J connectivity index is 3.90. The minimum atomic E-state index is -2.16. The van der Waals surface area contributed by atoms with Gasteiger partial charge in [-0.05, 0) is 6.55 Å². The Hall–Kier alpha value is -0.203. The molecule has 0 heterocycles. The van der Waals surface area contributed by atoms with E-state index in [-0.39, 0.29) is 13.6 Å². The predicted molar refractivity (Wildman–Crippen MR) is 52.5 cm³/mol. The highest BCUT2D eigenvalue weighted by Crippen LogP contribution is 2.13. The molecule has 0 atom stereocenters. The van der Waals surface area contributed by atoms with Gasteiger partial charge in [0, 0.05) is 20.3 Å². The lowest BCUT2D eigenvalue weighted by Gasteiger charge is -2.24. The van der Waals surface area contributed by atoms with Crippen molar-refractivity contribution in [2.24, 2.45) is 0 Å². The SMILES string of the molecule is C=CC[Si](C)(OCOC)OCOC. The summed E-state index contributed by atoms with van der Waals surface area (Å²) < 4.78 is 20.6. The second-order valence-electron chi connectivity index (χ2n) is 2.73. The monoisotopic (exact) mass is 206 g/mol. The summed E-state index contributed by atoms with van der Waals surface area (Å²) in [6, 6.07) is 0.722. The molecule has 0 aliphatic rings. The Kier molecular flexibility index (Phi) is 7.11. The van der Waals surface area contributed by atoms with Crippen molar-refractivity contribution in [2.75, 3.05) is 27.8 Å². The molecule has 13 heavy (non-hydrogen) atoms. The lowest BCUT2D eigenvalue weighted by Crippen LogP contribution is -2.39. The van der Waals surface area contributed by atoms with E-state index in [4.69, 9.17) is 18.3 Å². The van der Waals surface area contributed by atoms with E-state index in [1.165, 1.54) is 0 Å². The van der Waals surface area contributed by atoms with Crippen LogP contribution in [0.2, 0.25) is 12.6 Å². The molecule has 78 valence electrons. The maximum Gasteiger partial charge on any atom is 0.342 e. The fourth-order valence-corrected chi connectivity index (χ4v) is 2.37. The summed E-state index contributed by atoms with van der Waals surface area (Å²) in [7, 11) is 1.01. The minimum absolute atomic E-state index is 0.250. The predicted octanol–water partition coefficient (Wildman–Crippen LogP) is 1.49. The normalized spacial score (nSPS) is 11.6. The summed E-state index contributed by atoms with van der Waals surface area (Å²) in [5, 5.41) is 0. The topological polar surface area (TPSA) is 36.9 Å². The van der Waals surface area contributed by atoms with Crippen LogP contribution in [-0.2, 0) is 18.3 Å². The lowest BCUT2D eigenvalue weighted by molar-refractivity contribution is -0.0169. The van der Waals surface area contributed by atoms with Crippen LogP contribution in [0.1, 0.15) is 0 Å². The van der Waals surface area contributed by atoms with E-state index >= 15 is 0 Å². The molecule has 4 nitrogen and oxygen atoms in total. The van der Waals surface area contributed by atoms with E-state index in [0.717, 1.165) is 6.04 Å². The van der Waals surface area contributed by atoms with Crippen LogP contribution in [0.3, 0.4) is 0 Å². The van der Waals surface area contributed by atoms with E-state index in [9.17, 15) is 0 Å². The van der Waals surface area contributed by atoms with Gasteiger partial charge in [-0.3, -0.25) is 0 Å². The van der Waals surface area contributed by atoms with Crippen molar-refractivity contribution in [3.63, 3.8) is 0 Å². The second kappa shape index (κ2) is 7.22. The van der Waals surface area contributed by atoms with Crippen molar-refractivity contribution in [1.82, 2.24) is 0 Å². The molecular weight excluding hydrogens is 188 g/mol. The van der Waals surface area contributed by atoms with Gasteiger partial charge < -0.3 is 18.3 Å². The average molecular weight is 206 g/mol. The Morgan fingerprint density at radius 3 is 1.92 bits per heavy atom. The van der Waals surface area contributed by atoms with Crippen LogP contribution in [0.15, 0.2) is 12.7 Å². The van der Waals surface area contributed by atoms with Crippen molar-refractivity contribution < 1.29 is 18.3 Å². The van der Waals surface area contributed by atoms with E-state index in [1.807, 2.05) is 6.55 Å². The molecule has 0 aliphatic carbocycles. The summed E-state index contributed by atoms with van der Waals surface area (Å²) in [5.74, 6) is 0. The van der Waals surface area contributed by atoms with E-state index in [1.54, 1.807) is 20.3 Å². The molecule has 0 saturated heterocycles. The first-order valence-corrected chi connectivity index (χ1v) is 6.57. The highest BCUT2D eigenvalue weighted by atomic mass is 28.4. The van der Waals surface area contributed by atoms with Crippen LogP contribution in [0.4, 0.5) is 0 Å². The number of allylic oxidation sites excluding steroid dienone is 1. The molecule has 0 rings (SSSR count). The Morgan fingerprint density at radius 1 is 1.15 bits per heavy atom. The van der Waals surface area contributed by atoms with Gasteiger partial charge in [0.1, 0.15) is 13.6 Å². The summed E-state index contributed by atoms with van der Waals surface area (Å²) in [5.41, 5.74) is 0. The average Bonchev–Trinajstić information content (AvgIpc) is 2.12. The number of ether oxygens (including phenoxy) is 2. The number of rotatable bonds is 8.